The number of hydrogen-bond acceptors (Lipinski definition) is 4. The molecule has 96 valence electrons. The molecule has 1 aromatic heterocycles. The van der Waals surface area contributed by atoms with Gasteiger partial charge in [0, 0.05) is 28.4 Å². The van der Waals surface area contributed by atoms with Crippen molar-refractivity contribution in [2.75, 3.05) is 18.7 Å². The number of carbonyl (C=O) groups excluding carboxylic acids is 1. The molecule has 2 rings (SSSR count). The van der Waals surface area contributed by atoms with Crippen molar-refractivity contribution in [3.05, 3.63) is 21.9 Å². The predicted octanol–water partition coefficient (Wildman–Crippen LogP) is 2.10. The normalized spacial score (nSPS) is 18.8. The topological polar surface area (TPSA) is 32.3 Å². The Bertz CT molecular complexity index is 377. The lowest BCUT2D eigenvalue weighted by atomic mass is 10.3. The van der Waals surface area contributed by atoms with Crippen LogP contribution in [0.3, 0.4) is 0 Å². The maximum absolute atomic E-state index is 12.0. The second kappa shape index (κ2) is 6.64. The average Bonchev–Trinajstić information content (AvgIpc) is 2.88. The Balaban J connectivity index is 0.00000144. The number of halogens is 1. The van der Waals surface area contributed by atoms with E-state index in [4.69, 9.17) is 0 Å². The van der Waals surface area contributed by atoms with Gasteiger partial charge in [0.2, 0.25) is 5.91 Å². The minimum Gasteiger partial charge on any atom is -0.339 e. The maximum Gasteiger partial charge on any atom is 0.240 e. The Morgan fingerprint density at radius 1 is 1.59 bits per heavy atom. The summed E-state index contributed by atoms with van der Waals surface area (Å²) in [6.07, 6.45) is 0. The number of nitrogens with one attached hydrogen (secondary N) is 1. The van der Waals surface area contributed by atoms with Gasteiger partial charge >= 0.3 is 0 Å². The standard InChI is InChI=1S/C11H16N2OS2.ClH/c1-8-3-4-9(16-8)5-13(2)11(14)10-6-15-7-12-10;/h3-4,10,12H,5-7H2,1-2H3;1H. The van der Waals surface area contributed by atoms with E-state index in [-0.39, 0.29) is 24.4 Å². The van der Waals surface area contributed by atoms with Crippen molar-refractivity contribution in [1.29, 1.82) is 0 Å². The molecule has 0 spiro atoms. The van der Waals surface area contributed by atoms with E-state index in [0.717, 1.165) is 18.2 Å². The van der Waals surface area contributed by atoms with Gasteiger partial charge in [-0.1, -0.05) is 0 Å². The predicted molar refractivity (Wildman–Crippen MR) is 77.0 cm³/mol. The van der Waals surface area contributed by atoms with Gasteiger partial charge in [0.05, 0.1) is 12.6 Å². The van der Waals surface area contributed by atoms with Gasteiger partial charge in [-0.05, 0) is 19.1 Å². The van der Waals surface area contributed by atoms with Crippen LogP contribution in [0.2, 0.25) is 0 Å². The highest BCUT2D eigenvalue weighted by molar-refractivity contribution is 7.99. The summed E-state index contributed by atoms with van der Waals surface area (Å²) < 4.78 is 0. The summed E-state index contributed by atoms with van der Waals surface area (Å²) in [7, 11) is 1.88. The van der Waals surface area contributed by atoms with Crippen LogP contribution in [0.25, 0.3) is 0 Å². The molecule has 1 fully saturated rings. The molecule has 0 bridgehead atoms. The number of carbonyl (C=O) groups is 1. The molecule has 1 aromatic rings. The zero-order chi connectivity index (χ0) is 11.5. The fraction of sp³-hybridized carbons (Fsp3) is 0.545. The summed E-state index contributed by atoms with van der Waals surface area (Å²) >= 11 is 3.54. The van der Waals surface area contributed by atoms with E-state index < -0.39 is 0 Å². The Morgan fingerprint density at radius 2 is 2.35 bits per heavy atom. The molecule has 1 aliphatic rings. The lowest BCUT2D eigenvalue weighted by Crippen LogP contribution is -2.42. The van der Waals surface area contributed by atoms with Crippen molar-refractivity contribution in [2.45, 2.75) is 19.5 Å². The highest BCUT2D eigenvalue weighted by Crippen LogP contribution is 2.18. The SMILES string of the molecule is Cc1ccc(CN(C)C(=O)C2CSCN2)s1.Cl. The maximum atomic E-state index is 12.0. The second-order valence-corrected chi connectivity index (χ2v) is 6.38. The molecule has 1 unspecified atom stereocenters. The van der Waals surface area contributed by atoms with Gasteiger partial charge in [0.15, 0.2) is 0 Å². The fourth-order valence-electron chi connectivity index (χ4n) is 1.70. The molecule has 0 aromatic carbocycles. The van der Waals surface area contributed by atoms with E-state index in [9.17, 15) is 4.79 Å². The highest BCUT2D eigenvalue weighted by Gasteiger charge is 2.25. The third-order valence-electron chi connectivity index (χ3n) is 2.58. The molecule has 1 saturated heterocycles. The van der Waals surface area contributed by atoms with Gasteiger partial charge in [-0.15, -0.1) is 35.5 Å². The molecule has 17 heavy (non-hydrogen) atoms. The van der Waals surface area contributed by atoms with E-state index in [0.29, 0.717) is 0 Å². The molecule has 1 amide bonds. The van der Waals surface area contributed by atoms with Gasteiger partial charge in [0.1, 0.15) is 0 Å². The zero-order valence-corrected chi connectivity index (χ0v) is 12.4. The number of likely N-dealkylation sites (N-methyl/N-ethyl adjacent to an activating group) is 1. The molecule has 1 aliphatic heterocycles. The van der Waals surface area contributed by atoms with Crippen LogP contribution in [0, 0.1) is 6.92 Å². The minimum atomic E-state index is 0. The first-order chi connectivity index (χ1) is 7.66. The zero-order valence-electron chi connectivity index (χ0n) is 9.93. The Morgan fingerprint density at radius 3 is 2.88 bits per heavy atom. The molecule has 0 aliphatic carbocycles. The van der Waals surface area contributed by atoms with E-state index in [1.165, 1.54) is 9.75 Å². The van der Waals surface area contributed by atoms with Gasteiger partial charge < -0.3 is 4.90 Å². The van der Waals surface area contributed by atoms with Crippen molar-refractivity contribution in [1.82, 2.24) is 10.2 Å². The van der Waals surface area contributed by atoms with Crippen molar-refractivity contribution in [2.24, 2.45) is 0 Å². The molecule has 0 saturated carbocycles. The first-order valence-electron chi connectivity index (χ1n) is 5.28. The summed E-state index contributed by atoms with van der Waals surface area (Å²) in [6.45, 7) is 2.81. The van der Waals surface area contributed by atoms with Crippen LogP contribution in [0.15, 0.2) is 12.1 Å². The first-order valence-corrected chi connectivity index (χ1v) is 7.25. The Kier molecular flexibility index (Phi) is 5.79. The monoisotopic (exact) mass is 292 g/mol. The van der Waals surface area contributed by atoms with Crippen LogP contribution in [0.5, 0.6) is 0 Å². The van der Waals surface area contributed by atoms with Crippen LogP contribution in [-0.4, -0.2) is 35.5 Å². The fourth-order valence-corrected chi connectivity index (χ4v) is 3.58. The smallest absolute Gasteiger partial charge is 0.240 e. The molecule has 1 N–H and O–H groups in total. The summed E-state index contributed by atoms with van der Waals surface area (Å²) in [4.78, 5) is 16.4. The highest BCUT2D eigenvalue weighted by atomic mass is 35.5. The number of hydrogen-bond donors (Lipinski definition) is 1. The van der Waals surface area contributed by atoms with E-state index in [1.54, 1.807) is 23.1 Å². The van der Waals surface area contributed by atoms with Crippen LogP contribution in [0.4, 0.5) is 0 Å². The van der Waals surface area contributed by atoms with Crippen LogP contribution in [0.1, 0.15) is 9.75 Å². The molecule has 3 nitrogen and oxygen atoms in total. The van der Waals surface area contributed by atoms with E-state index in [2.05, 4.69) is 24.4 Å². The molecule has 2 heterocycles. The number of amides is 1. The van der Waals surface area contributed by atoms with Gasteiger partial charge in [0.25, 0.3) is 0 Å². The quantitative estimate of drug-likeness (QED) is 0.926. The van der Waals surface area contributed by atoms with Crippen LogP contribution < -0.4 is 5.32 Å². The molecule has 6 heteroatoms. The van der Waals surface area contributed by atoms with Crippen molar-refractivity contribution in [3.63, 3.8) is 0 Å². The molecule has 1 atom stereocenters. The van der Waals surface area contributed by atoms with Crippen LogP contribution in [-0.2, 0) is 11.3 Å². The minimum absolute atomic E-state index is 0. The van der Waals surface area contributed by atoms with Gasteiger partial charge in [-0.2, -0.15) is 0 Å². The number of nitrogens with zero attached hydrogens (tertiary/aromatic N) is 1. The van der Waals surface area contributed by atoms with Crippen molar-refractivity contribution < 1.29 is 4.79 Å². The largest absolute Gasteiger partial charge is 0.339 e. The Labute approximate surface area is 116 Å². The lowest BCUT2D eigenvalue weighted by molar-refractivity contribution is -0.131. The summed E-state index contributed by atoms with van der Waals surface area (Å²) in [5.41, 5.74) is 0. The lowest BCUT2D eigenvalue weighted by Gasteiger charge is -2.20. The van der Waals surface area contributed by atoms with Gasteiger partial charge in [-0.3, -0.25) is 10.1 Å². The summed E-state index contributed by atoms with van der Waals surface area (Å²) in [6, 6.07) is 4.21. The Hall–Kier alpha value is -0.230. The van der Waals surface area contributed by atoms with Crippen molar-refractivity contribution in [3.8, 4) is 0 Å². The summed E-state index contributed by atoms with van der Waals surface area (Å²) in [5, 5.41) is 3.20. The number of aryl methyl sites for hydroxylation is 1. The summed E-state index contributed by atoms with van der Waals surface area (Å²) in [5.74, 6) is 1.99. The molecule has 0 radical (unpaired) electrons. The number of thioether (sulfide) groups is 1. The van der Waals surface area contributed by atoms with Gasteiger partial charge in [-0.25, -0.2) is 0 Å². The molecular formula is C11H17ClN2OS2. The number of rotatable bonds is 3. The average molecular weight is 293 g/mol. The third-order valence-corrected chi connectivity index (χ3v) is 4.50. The van der Waals surface area contributed by atoms with E-state index >= 15 is 0 Å². The molecular weight excluding hydrogens is 276 g/mol. The number of thiophene rings is 1. The second-order valence-electron chi connectivity index (χ2n) is 3.98. The third kappa shape index (κ3) is 3.88. The first kappa shape index (κ1) is 14.8. The van der Waals surface area contributed by atoms with E-state index in [1.807, 2.05) is 11.9 Å². The van der Waals surface area contributed by atoms with Crippen LogP contribution >= 0.6 is 35.5 Å². The van der Waals surface area contributed by atoms with Crippen molar-refractivity contribution >= 4 is 41.4 Å².